The molecule has 1 amide bonds. The first kappa shape index (κ1) is 13.4. The SMILES string of the molecule is CCCN1CCN(C(=O)c2ccc3c(c2)CCN3)CC1. The fourth-order valence-corrected chi connectivity index (χ4v) is 3.11. The highest BCUT2D eigenvalue weighted by Crippen LogP contribution is 2.23. The third-order valence-corrected chi connectivity index (χ3v) is 4.26. The van der Waals surface area contributed by atoms with E-state index in [9.17, 15) is 4.79 Å². The van der Waals surface area contributed by atoms with Crippen molar-refractivity contribution in [3.8, 4) is 0 Å². The minimum Gasteiger partial charge on any atom is -0.384 e. The van der Waals surface area contributed by atoms with E-state index >= 15 is 0 Å². The molecule has 0 aromatic heterocycles. The zero-order valence-corrected chi connectivity index (χ0v) is 12.2. The fraction of sp³-hybridized carbons (Fsp3) is 0.562. The summed E-state index contributed by atoms with van der Waals surface area (Å²) in [5.41, 5.74) is 3.31. The number of carbonyl (C=O) groups excluding carboxylic acids is 1. The van der Waals surface area contributed by atoms with Crippen LogP contribution >= 0.6 is 0 Å². The molecule has 0 aliphatic carbocycles. The van der Waals surface area contributed by atoms with E-state index in [1.165, 1.54) is 17.7 Å². The Kier molecular flexibility index (Phi) is 3.92. The van der Waals surface area contributed by atoms with Gasteiger partial charge < -0.3 is 10.2 Å². The lowest BCUT2D eigenvalue weighted by Gasteiger charge is -2.34. The van der Waals surface area contributed by atoms with Gasteiger partial charge in [-0.15, -0.1) is 0 Å². The van der Waals surface area contributed by atoms with E-state index in [1.54, 1.807) is 0 Å². The van der Waals surface area contributed by atoms with Crippen LogP contribution in [0.3, 0.4) is 0 Å². The van der Waals surface area contributed by atoms with Crippen molar-refractivity contribution < 1.29 is 4.79 Å². The van der Waals surface area contributed by atoms with Gasteiger partial charge in [0, 0.05) is 44.0 Å². The summed E-state index contributed by atoms with van der Waals surface area (Å²) in [6.07, 6.45) is 2.21. The molecule has 108 valence electrons. The fourth-order valence-electron chi connectivity index (χ4n) is 3.11. The van der Waals surface area contributed by atoms with E-state index in [0.29, 0.717) is 0 Å². The summed E-state index contributed by atoms with van der Waals surface area (Å²) < 4.78 is 0. The molecule has 3 rings (SSSR count). The Morgan fingerprint density at radius 2 is 2.05 bits per heavy atom. The van der Waals surface area contributed by atoms with Gasteiger partial charge in [-0.05, 0) is 43.1 Å². The van der Waals surface area contributed by atoms with Crippen LogP contribution in [-0.4, -0.2) is 55.0 Å². The summed E-state index contributed by atoms with van der Waals surface area (Å²) in [5, 5.41) is 3.33. The van der Waals surface area contributed by atoms with Crippen LogP contribution in [0.25, 0.3) is 0 Å². The predicted octanol–water partition coefficient (Wildman–Crippen LogP) is 1.82. The first-order valence-electron chi connectivity index (χ1n) is 7.66. The quantitative estimate of drug-likeness (QED) is 0.912. The van der Waals surface area contributed by atoms with Gasteiger partial charge in [0.1, 0.15) is 0 Å². The van der Waals surface area contributed by atoms with Gasteiger partial charge in [0.25, 0.3) is 5.91 Å². The zero-order valence-electron chi connectivity index (χ0n) is 12.2. The number of piperazine rings is 1. The number of hydrogen-bond donors (Lipinski definition) is 1. The molecule has 0 unspecified atom stereocenters. The highest BCUT2D eigenvalue weighted by atomic mass is 16.2. The minimum absolute atomic E-state index is 0.191. The summed E-state index contributed by atoms with van der Waals surface area (Å²) in [6, 6.07) is 6.07. The lowest BCUT2D eigenvalue weighted by atomic mass is 10.1. The summed E-state index contributed by atoms with van der Waals surface area (Å²) in [4.78, 5) is 17.0. The molecule has 2 aliphatic heterocycles. The Bertz CT molecular complexity index is 492. The molecule has 0 atom stereocenters. The van der Waals surface area contributed by atoms with Crippen LogP contribution in [0.15, 0.2) is 18.2 Å². The Morgan fingerprint density at radius 1 is 1.25 bits per heavy atom. The molecule has 1 aromatic carbocycles. The lowest BCUT2D eigenvalue weighted by molar-refractivity contribution is 0.0637. The minimum atomic E-state index is 0.191. The smallest absolute Gasteiger partial charge is 0.253 e. The largest absolute Gasteiger partial charge is 0.384 e. The summed E-state index contributed by atoms with van der Waals surface area (Å²) in [6.45, 7) is 8.06. The second-order valence-electron chi connectivity index (χ2n) is 5.68. The number of nitrogens with one attached hydrogen (secondary N) is 1. The number of anilines is 1. The molecule has 0 saturated carbocycles. The van der Waals surface area contributed by atoms with E-state index < -0.39 is 0 Å². The van der Waals surface area contributed by atoms with Crippen molar-refractivity contribution in [1.29, 1.82) is 0 Å². The molecule has 2 heterocycles. The standard InChI is InChI=1S/C16H23N3O/c1-2-7-18-8-10-19(11-9-18)16(20)14-3-4-15-13(12-14)5-6-17-15/h3-4,12,17H,2,5-11H2,1H3. The van der Waals surface area contributed by atoms with Crippen LogP contribution in [0.2, 0.25) is 0 Å². The van der Waals surface area contributed by atoms with Crippen LogP contribution in [0.4, 0.5) is 5.69 Å². The molecule has 0 radical (unpaired) electrons. The number of rotatable bonds is 3. The number of benzene rings is 1. The molecule has 20 heavy (non-hydrogen) atoms. The van der Waals surface area contributed by atoms with Gasteiger partial charge in [-0.3, -0.25) is 9.69 Å². The molecule has 2 aliphatic rings. The molecule has 1 N–H and O–H groups in total. The van der Waals surface area contributed by atoms with Gasteiger partial charge >= 0.3 is 0 Å². The molecule has 4 heteroatoms. The number of hydrogen-bond acceptors (Lipinski definition) is 3. The van der Waals surface area contributed by atoms with Crippen molar-refractivity contribution >= 4 is 11.6 Å². The van der Waals surface area contributed by atoms with Gasteiger partial charge in [0.15, 0.2) is 0 Å². The molecular weight excluding hydrogens is 250 g/mol. The van der Waals surface area contributed by atoms with Crippen molar-refractivity contribution in [2.75, 3.05) is 44.6 Å². The first-order valence-corrected chi connectivity index (χ1v) is 7.66. The molecule has 4 nitrogen and oxygen atoms in total. The number of nitrogens with zero attached hydrogens (tertiary/aromatic N) is 2. The monoisotopic (exact) mass is 273 g/mol. The summed E-state index contributed by atoms with van der Waals surface area (Å²) >= 11 is 0. The first-order chi connectivity index (χ1) is 9.78. The Hall–Kier alpha value is -1.55. The Labute approximate surface area is 120 Å². The van der Waals surface area contributed by atoms with Crippen LogP contribution < -0.4 is 5.32 Å². The Morgan fingerprint density at radius 3 is 2.80 bits per heavy atom. The predicted molar refractivity (Wildman–Crippen MR) is 81.3 cm³/mol. The highest BCUT2D eigenvalue weighted by molar-refractivity contribution is 5.95. The maximum Gasteiger partial charge on any atom is 0.253 e. The second kappa shape index (κ2) is 5.83. The van der Waals surface area contributed by atoms with Crippen LogP contribution in [-0.2, 0) is 6.42 Å². The third kappa shape index (κ3) is 2.66. The maximum atomic E-state index is 12.6. The normalized spacial score (nSPS) is 18.8. The maximum absolute atomic E-state index is 12.6. The van der Waals surface area contributed by atoms with E-state index in [4.69, 9.17) is 0 Å². The van der Waals surface area contributed by atoms with Crippen molar-refractivity contribution in [3.63, 3.8) is 0 Å². The van der Waals surface area contributed by atoms with E-state index in [0.717, 1.165) is 51.3 Å². The van der Waals surface area contributed by atoms with Crippen molar-refractivity contribution in [2.45, 2.75) is 19.8 Å². The molecular formula is C16H23N3O. The average Bonchev–Trinajstić information content (AvgIpc) is 2.95. The molecule has 1 fully saturated rings. The van der Waals surface area contributed by atoms with E-state index in [1.807, 2.05) is 17.0 Å². The van der Waals surface area contributed by atoms with Gasteiger partial charge in [0.05, 0.1) is 0 Å². The molecule has 0 bridgehead atoms. The number of carbonyl (C=O) groups is 1. The Balaban J connectivity index is 1.65. The van der Waals surface area contributed by atoms with Gasteiger partial charge in [0.2, 0.25) is 0 Å². The molecule has 1 aromatic rings. The average molecular weight is 273 g/mol. The second-order valence-corrected chi connectivity index (χ2v) is 5.68. The van der Waals surface area contributed by atoms with Crippen LogP contribution in [0.5, 0.6) is 0 Å². The topological polar surface area (TPSA) is 35.6 Å². The summed E-state index contributed by atoms with van der Waals surface area (Å²) in [5.74, 6) is 0.191. The summed E-state index contributed by atoms with van der Waals surface area (Å²) in [7, 11) is 0. The van der Waals surface area contributed by atoms with Crippen molar-refractivity contribution in [2.24, 2.45) is 0 Å². The molecule has 0 spiro atoms. The van der Waals surface area contributed by atoms with Crippen molar-refractivity contribution in [1.82, 2.24) is 9.80 Å². The van der Waals surface area contributed by atoms with Gasteiger partial charge in [-0.25, -0.2) is 0 Å². The highest BCUT2D eigenvalue weighted by Gasteiger charge is 2.22. The van der Waals surface area contributed by atoms with Crippen LogP contribution in [0, 0.1) is 0 Å². The zero-order chi connectivity index (χ0) is 13.9. The van der Waals surface area contributed by atoms with E-state index in [2.05, 4.69) is 23.2 Å². The number of amides is 1. The van der Waals surface area contributed by atoms with Gasteiger partial charge in [-0.2, -0.15) is 0 Å². The lowest BCUT2D eigenvalue weighted by Crippen LogP contribution is -2.48. The van der Waals surface area contributed by atoms with E-state index in [-0.39, 0.29) is 5.91 Å². The van der Waals surface area contributed by atoms with Gasteiger partial charge in [-0.1, -0.05) is 6.92 Å². The van der Waals surface area contributed by atoms with Crippen LogP contribution in [0.1, 0.15) is 29.3 Å². The third-order valence-electron chi connectivity index (χ3n) is 4.26. The van der Waals surface area contributed by atoms with Crippen molar-refractivity contribution in [3.05, 3.63) is 29.3 Å². The number of fused-ring (bicyclic) bond motifs is 1. The molecule has 1 saturated heterocycles.